The predicted octanol–water partition coefficient (Wildman–Crippen LogP) is 1.45. The third kappa shape index (κ3) is 2.79. The molecule has 6 heteroatoms. The van der Waals surface area contributed by atoms with Gasteiger partial charge in [0, 0.05) is 20.2 Å². The summed E-state index contributed by atoms with van der Waals surface area (Å²) >= 11 is 0. The molecule has 0 radical (unpaired) electrons. The minimum Gasteiger partial charge on any atom is -0.417 e. The van der Waals surface area contributed by atoms with E-state index in [0.29, 0.717) is 11.6 Å². The van der Waals surface area contributed by atoms with Crippen molar-refractivity contribution in [2.24, 2.45) is 0 Å². The topological polar surface area (TPSA) is 38.2 Å². The quantitative estimate of drug-likeness (QED) is 0.745. The van der Waals surface area contributed by atoms with E-state index in [9.17, 15) is 8.78 Å². The van der Waals surface area contributed by atoms with Crippen molar-refractivity contribution in [1.29, 1.82) is 0 Å². The Bertz CT molecular complexity index is 317. The maximum absolute atomic E-state index is 11.9. The monoisotopic (exact) mass is 203 g/mol. The lowest BCUT2D eigenvalue weighted by Crippen LogP contribution is -2.13. The molecule has 78 valence electrons. The number of nitrogens with zero attached hydrogens (tertiary/aromatic N) is 3. The van der Waals surface area contributed by atoms with Crippen molar-refractivity contribution in [2.75, 3.05) is 19.0 Å². The third-order valence-corrected chi connectivity index (χ3v) is 1.47. The third-order valence-electron chi connectivity index (χ3n) is 1.47. The maximum Gasteiger partial charge on any atom is 0.388 e. The average molecular weight is 203 g/mol. The van der Waals surface area contributed by atoms with Gasteiger partial charge in [0.25, 0.3) is 0 Å². The van der Waals surface area contributed by atoms with E-state index in [-0.39, 0.29) is 5.88 Å². The molecule has 0 aromatic carbocycles. The van der Waals surface area contributed by atoms with Crippen LogP contribution in [0.2, 0.25) is 0 Å². The zero-order valence-electron chi connectivity index (χ0n) is 8.16. The molecule has 0 unspecified atom stereocenters. The molecule has 1 aromatic heterocycles. The summed E-state index contributed by atoms with van der Waals surface area (Å²) in [5.41, 5.74) is 0. The molecule has 0 bridgehead atoms. The molecule has 4 nitrogen and oxygen atoms in total. The molecule has 0 atom stereocenters. The summed E-state index contributed by atoms with van der Waals surface area (Å²) < 4.78 is 28.0. The molecule has 0 saturated carbocycles. The van der Waals surface area contributed by atoms with E-state index in [0.717, 1.165) is 0 Å². The van der Waals surface area contributed by atoms with Crippen LogP contribution in [0.25, 0.3) is 0 Å². The molecule has 0 aliphatic heterocycles. The number of aryl methyl sites for hydroxylation is 1. The molecule has 0 spiro atoms. The lowest BCUT2D eigenvalue weighted by molar-refractivity contribution is -0.0529. The van der Waals surface area contributed by atoms with Crippen LogP contribution in [0.4, 0.5) is 14.6 Å². The Morgan fingerprint density at radius 3 is 2.50 bits per heavy atom. The summed E-state index contributed by atoms with van der Waals surface area (Å²) in [6.45, 7) is -1.25. The van der Waals surface area contributed by atoms with Crippen molar-refractivity contribution in [3.05, 3.63) is 11.9 Å². The molecule has 0 amide bonds. The van der Waals surface area contributed by atoms with Gasteiger partial charge in [0.1, 0.15) is 11.6 Å². The Hall–Kier alpha value is -1.46. The largest absolute Gasteiger partial charge is 0.417 e. The first-order valence-electron chi connectivity index (χ1n) is 3.97. The first-order chi connectivity index (χ1) is 6.49. The van der Waals surface area contributed by atoms with E-state index < -0.39 is 6.61 Å². The van der Waals surface area contributed by atoms with Crippen LogP contribution in [0.1, 0.15) is 5.82 Å². The van der Waals surface area contributed by atoms with Gasteiger partial charge < -0.3 is 9.64 Å². The Labute approximate surface area is 80.5 Å². The molecule has 0 N–H and O–H groups in total. The second kappa shape index (κ2) is 4.17. The fourth-order valence-corrected chi connectivity index (χ4v) is 0.906. The SMILES string of the molecule is Cc1nc(OC(F)F)cc(N(C)C)n1. The molecule has 0 fully saturated rings. The molecule has 0 aliphatic rings. The fourth-order valence-electron chi connectivity index (χ4n) is 0.906. The highest BCUT2D eigenvalue weighted by molar-refractivity contribution is 5.39. The van der Waals surface area contributed by atoms with Gasteiger partial charge in [-0.25, -0.2) is 4.98 Å². The van der Waals surface area contributed by atoms with Crippen molar-refractivity contribution in [3.63, 3.8) is 0 Å². The van der Waals surface area contributed by atoms with E-state index in [4.69, 9.17) is 0 Å². The highest BCUT2D eigenvalue weighted by Crippen LogP contribution is 2.16. The van der Waals surface area contributed by atoms with Crippen molar-refractivity contribution in [3.8, 4) is 5.88 Å². The Morgan fingerprint density at radius 2 is 2.00 bits per heavy atom. The summed E-state index contributed by atoms with van der Waals surface area (Å²) in [5, 5.41) is 0. The van der Waals surface area contributed by atoms with Gasteiger partial charge in [-0.3, -0.25) is 0 Å². The van der Waals surface area contributed by atoms with Crippen LogP contribution in [0.3, 0.4) is 0 Å². The number of halogens is 2. The van der Waals surface area contributed by atoms with E-state index in [1.165, 1.54) is 6.07 Å². The summed E-state index contributed by atoms with van der Waals surface area (Å²) in [6, 6.07) is 1.36. The summed E-state index contributed by atoms with van der Waals surface area (Å²) in [4.78, 5) is 9.43. The molecular formula is C8H11F2N3O. The normalized spacial score (nSPS) is 10.4. The van der Waals surface area contributed by atoms with E-state index in [1.807, 2.05) is 0 Å². The van der Waals surface area contributed by atoms with Gasteiger partial charge in [-0.15, -0.1) is 0 Å². The van der Waals surface area contributed by atoms with Gasteiger partial charge in [0.2, 0.25) is 5.88 Å². The molecule has 1 heterocycles. The standard InChI is InChI=1S/C8H11F2N3O/c1-5-11-6(13(2)3)4-7(12-5)14-8(9)10/h4,8H,1-3H3. The van der Waals surface area contributed by atoms with Crippen molar-refractivity contribution >= 4 is 5.82 Å². The van der Waals surface area contributed by atoms with Crippen LogP contribution < -0.4 is 9.64 Å². The lowest BCUT2D eigenvalue weighted by Gasteiger charge is -2.12. The minimum atomic E-state index is -2.86. The molecule has 14 heavy (non-hydrogen) atoms. The number of aromatic nitrogens is 2. The number of anilines is 1. The van der Waals surface area contributed by atoms with E-state index >= 15 is 0 Å². The molecule has 1 rings (SSSR count). The highest BCUT2D eigenvalue weighted by Gasteiger charge is 2.09. The Balaban J connectivity index is 2.95. The maximum atomic E-state index is 11.9. The Morgan fingerprint density at radius 1 is 1.36 bits per heavy atom. The van der Waals surface area contributed by atoms with Crippen LogP contribution in [0.5, 0.6) is 5.88 Å². The number of hydrogen-bond acceptors (Lipinski definition) is 4. The van der Waals surface area contributed by atoms with Crippen LogP contribution in [-0.2, 0) is 0 Å². The molecular weight excluding hydrogens is 192 g/mol. The first kappa shape index (κ1) is 10.6. The second-order valence-corrected chi connectivity index (χ2v) is 2.88. The lowest BCUT2D eigenvalue weighted by atomic mass is 10.5. The number of alkyl halides is 2. The average Bonchev–Trinajstić information content (AvgIpc) is 2.01. The van der Waals surface area contributed by atoms with Crippen LogP contribution in [-0.4, -0.2) is 30.7 Å². The minimum absolute atomic E-state index is 0.115. The van der Waals surface area contributed by atoms with E-state index in [2.05, 4.69) is 14.7 Å². The second-order valence-electron chi connectivity index (χ2n) is 2.88. The zero-order valence-corrected chi connectivity index (χ0v) is 8.16. The van der Waals surface area contributed by atoms with Gasteiger partial charge in [-0.05, 0) is 6.92 Å². The van der Waals surface area contributed by atoms with Gasteiger partial charge in [0.15, 0.2) is 0 Å². The number of hydrogen-bond donors (Lipinski definition) is 0. The van der Waals surface area contributed by atoms with Crippen LogP contribution in [0, 0.1) is 6.92 Å². The first-order valence-corrected chi connectivity index (χ1v) is 3.97. The summed E-state index contributed by atoms with van der Waals surface area (Å²) in [5.74, 6) is 0.816. The van der Waals surface area contributed by atoms with Crippen LogP contribution >= 0.6 is 0 Å². The van der Waals surface area contributed by atoms with Crippen molar-refractivity contribution in [2.45, 2.75) is 13.5 Å². The van der Waals surface area contributed by atoms with Crippen molar-refractivity contribution < 1.29 is 13.5 Å². The number of rotatable bonds is 3. The molecule has 0 saturated heterocycles. The fraction of sp³-hybridized carbons (Fsp3) is 0.500. The van der Waals surface area contributed by atoms with Gasteiger partial charge in [-0.1, -0.05) is 0 Å². The van der Waals surface area contributed by atoms with Gasteiger partial charge in [-0.2, -0.15) is 13.8 Å². The van der Waals surface area contributed by atoms with Gasteiger partial charge in [0.05, 0.1) is 0 Å². The Kier molecular flexibility index (Phi) is 3.16. The zero-order chi connectivity index (χ0) is 10.7. The smallest absolute Gasteiger partial charge is 0.388 e. The van der Waals surface area contributed by atoms with Crippen molar-refractivity contribution in [1.82, 2.24) is 9.97 Å². The summed E-state index contributed by atoms with van der Waals surface area (Å²) in [7, 11) is 3.52. The highest BCUT2D eigenvalue weighted by atomic mass is 19.3. The van der Waals surface area contributed by atoms with E-state index in [1.54, 1.807) is 25.9 Å². The number of ether oxygens (including phenoxy) is 1. The predicted molar refractivity (Wildman–Crippen MR) is 47.7 cm³/mol. The molecule has 1 aromatic rings. The van der Waals surface area contributed by atoms with Gasteiger partial charge >= 0.3 is 6.61 Å². The van der Waals surface area contributed by atoms with Crippen LogP contribution in [0.15, 0.2) is 6.07 Å². The summed E-state index contributed by atoms with van der Waals surface area (Å²) in [6.07, 6.45) is 0. The molecule has 0 aliphatic carbocycles.